The van der Waals surface area contributed by atoms with Gasteiger partial charge in [-0.15, -0.1) is 10.2 Å². The number of anilines is 1. The van der Waals surface area contributed by atoms with E-state index in [1.165, 1.54) is 17.6 Å². The van der Waals surface area contributed by atoms with E-state index in [0.717, 1.165) is 36.7 Å². The van der Waals surface area contributed by atoms with Gasteiger partial charge in [0, 0.05) is 25.0 Å². The van der Waals surface area contributed by atoms with E-state index in [1.54, 1.807) is 18.2 Å². The van der Waals surface area contributed by atoms with Crippen LogP contribution in [0.3, 0.4) is 0 Å². The van der Waals surface area contributed by atoms with E-state index in [2.05, 4.69) is 15.5 Å². The molecule has 8 heteroatoms. The first-order valence-electron chi connectivity index (χ1n) is 7.02. The summed E-state index contributed by atoms with van der Waals surface area (Å²) in [6, 6.07) is 6.75. The summed E-state index contributed by atoms with van der Waals surface area (Å²) in [5.74, 6) is 0. The monoisotopic (exact) mass is 339 g/mol. The third-order valence-electron chi connectivity index (χ3n) is 3.44. The van der Waals surface area contributed by atoms with Crippen molar-refractivity contribution in [2.45, 2.75) is 23.8 Å². The Bertz CT molecular complexity index is 752. The molecule has 22 heavy (non-hydrogen) atoms. The number of benzene rings is 1. The van der Waals surface area contributed by atoms with Crippen molar-refractivity contribution in [1.29, 1.82) is 0 Å². The molecule has 0 radical (unpaired) electrons. The topological polar surface area (TPSA) is 81.2 Å². The Hall–Kier alpha value is -1.51. The Kier molecular flexibility index (Phi) is 4.42. The van der Waals surface area contributed by atoms with Gasteiger partial charge in [0.1, 0.15) is 5.01 Å². The Balaban J connectivity index is 1.73. The van der Waals surface area contributed by atoms with Gasteiger partial charge >= 0.3 is 0 Å². The maximum atomic E-state index is 11.6. The molecule has 0 amide bonds. The van der Waals surface area contributed by atoms with Gasteiger partial charge in [-0.1, -0.05) is 23.5 Å². The number of ether oxygens (including phenoxy) is 1. The Morgan fingerprint density at radius 3 is 3.00 bits per heavy atom. The molecule has 1 saturated heterocycles. The molecular weight excluding hydrogens is 322 g/mol. The van der Waals surface area contributed by atoms with Crippen LogP contribution in [0.4, 0.5) is 5.13 Å². The minimum Gasteiger partial charge on any atom is -0.376 e. The minimum atomic E-state index is -3.22. The van der Waals surface area contributed by atoms with Crippen LogP contribution in [0.5, 0.6) is 0 Å². The van der Waals surface area contributed by atoms with E-state index >= 15 is 0 Å². The summed E-state index contributed by atoms with van der Waals surface area (Å²) >= 11 is 1.40. The van der Waals surface area contributed by atoms with Gasteiger partial charge in [0.2, 0.25) is 5.13 Å². The fourth-order valence-electron chi connectivity index (χ4n) is 2.28. The maximum Gasteiger partial charge on any atom is 0.206 e. The molecule has 1 aromatic carbocycles. The summed E-state index contributed by atoms with van der Waals surface area (Å²) in [4.78, 5) is 0.286. The van der Waals surface area contributed by atoms with E-state index in [9.17, 15) is 8.42 Å². The van der Waals surface area contributed by atoms with Crippen molar-refractivity contribution in [2.75, 3.05) is 24.7 Å². The van der Waals surface area contributed by atoms with Crippen LogP contribution in [0.25, 0.3) is 10.6 Å². The third-order valence-corrected chi connectivity index (χ3v) is 5.48. The van der Waals surface area contributed by atoms with E-state index in [0.29, 0.717) is 5.01 Å². The zero-order valence-corrected chi connectivity index (χ0v) is 13.8. The Morgan fingerprint density at radius 2 is 2.27 bits per heavy atom. The SMILES string of the molecule is CS(=O)(=O)c1cccc(-c2nnc(NC[C@H]3CCCO3)s2)c1. The van der Waals surface area contributed by atoms with Crippen molar-refractivity contribution in [2.24, 2.45) is 0 Å². The van der Waals surface area contributed by atoms with Gasteiger partial charge in [0.25, 0.3) is 0 Å². The lowest BCUT2D eigenvalue weighted by molar-refractivity contribution is 0.120. The standard InChI is InChI=1S/C14H17N3O3S2/c1-22(18,19)12-6-2-4-10(8-12)13-16-17-14(21-13)15-9-11-5-3-7-20-11/h2,4,6,8,11H,3,5,7,9H2,1H3,(H,15,17)/t11-/m1/s1. The first-order valence-corrected chi connectivity index (χ1v) is 9.72. The van der Waals surface area contributed by atoms with Crippen molar-refractivity contribution in [3.8, 4) is 10.6 Å². The minimum absolute atomic E-state index is 0.237. The molecule has 2 heterocycles. The summed E-state index contributed by atoms with van der Waals surface area (Å²) in [6.07, 6.45) is 3.60. The van der Waals surface area contributed by atoms with Crippen LogP contribution in [-0.2, 0) is 14.6 Å². The highest BCUT2D eigenvalue weighted by atomic mass is 32.2. The summed E-state index contributed by atoms with van der Waals surface area (Å²) in [5, 5.41) is 12.9. The second kappa shape index (κ2) is 6.31. The van der Waals surface area contributed by atoms with Crippen molar-refractivity contribution in [3.05, 3.63) is 24.3 Å². The quantitative estimate of drug-likeness (QED) is 0.899. The average molecular weight is 339 g/mol. The molecule has 0 unspecified atom stereocenters. The zero-order chi connectivity index (χ0) is 15.6. The molecule has 1 aliphatic rings. The van der Waals surface area contributed by atoms with Crippen LogP contribution in [0.2, 0.25) is 0 Å². The number of hydrogen-bond acceptors (Lipinski definition) is 7. The molecule has 3 rings (SSSR count). The molecule has 0 spiro atoms. The highest BCUT2D eigenvalue weighted by Crippen LogP contribution is 2.28. The number of sulfone groups is 1. The number of aromatic nitrogens is 2. The van der Waals surface area contributed by atoms with E-state index in [-0.39, 0.29) is 11.0 Å². The zero-order valence-electron chi connectivity index (χ0n) is 12.2. The van der Waals surface area contributed by atoms with Crippen molar-refractivity contribution >= 4 is 26.3 Å². The van der Waals surface area contributed by atoms with E-state index in [1.807, 2.05) is 6.07 Å². The summed E-state index contributed by atoms with van der Waals surface area (Å²) in [6.45, 7) is 1.55. The van der Waals surface area contributed by atoms with Gasteiger partial charge in [-0.05, 0) is 25.0 Å². The molecule has 0 aliphatic carbocycles. The average Bonchev–Trinajstić information content (AvgIpc) is 3.16. The van der Waals surface area contributed by atoms with Crippen LogP contribution in [-0.4, -0.2) is 44.1 Å². The van der Waals surface area contributed by atoms with Crippen molar-refractivity contribution < 1.29 is 13.2 Å². The van der Waals surface area contributed by atoms with Gasteiger partial charge < -0.3 is 10.1 Å². The second-order valence-electron chi connectivity index (χ2n) is 5.23. The van der Waals surface area contributed by atoms with Gasteiger partial charge in [0.15, 0.2) is 9.84 Å². The molecule has 0 bridgehead atoms. The lowest BCUT2D eigenvalue weighted by Crippen LogP contribution is -2.18. The molecule has 1 aromatic heterocycles. The fraction of sp³-hybridized carbons (Fsp3) is 0.429. The van der Waals surface area contributed by atoms with Crippen LogP contribution in [0.1, 0.15) is 12.8 Å². The van der Waals surface area contributed by atoms with Crippen LogP contribution < -0.4 is 5.32 Å². The molecule has 1 N–H and O–H groups in total. The molecule has 1 aliphatic heterocycles. The van der Waals surface area contributed by atoms with Gasteiger partial charge in [-0.25, -0.2) is 8.42 Å². The highest BCUT2D eigenvalue weighted by molar-refractivity contribution is 7.90. The van der Waals surface area contributed by atoms with Gasteiger partial charge in [-0.3, -0.25) is 0 Å². The van der Waals surface area contributed by atoms with Crippen LogP contribution in [0.15, 0.2) is 29.2 Å². The lowest BCUT2D eigenvalue weighted by Gasteiger charge is -2.08. The summed E-state index contributed by atoms with van der Waals surface area (Å²) in [5.41, 5.74) is 0.755. The molecule has 1 fully saturated rings. The Morgan fingerprint density at radius 1 is 1.41 bits per heavy atom. The van der Waals surface area contributed by atoms with Gasteiger partial charge in [0.05, 0.1) is 11.0 Å². The smallest absolute Gasteiger partial charge is 0.206 e. The molecule has 1 atom stereocenters. The fourth-order valence-corrected chi connectivity index (χ4v) is 3.69. The van der Waals surface area contributed by atoms with Crippen LogP contribution in [0, 0.1) is 0 Å². The van der Waals surface area contributed by atoms with E-state index in [4.69, 9.17) is 4.74 Å². The highest BCUT2D eigenvalue weighted by Gasteiger charge is 2.16. The summed E-state index contributed by atoms with van der Waals surface area (Å²) in [7, 11) is -3.22. The normalized spacial score (nSPS) is 18.5. The first kappa shape index (κ1) is 15.4. The second-order valence-corrected chi connectivity index (χ2v) is 8.22. The van der Waals surface area contributed by atoms with E-state index < -0.39 is 9.84 Å². The molecule has 2 aromatic rings. The first-order chi connectivity index (χ1) is 10.5. The molecule has 0 saturated carbocycles. The largest absolute Gasteiger partial charge is 0.376 e. The molecule has 6 nitrogen and oxygen atoms in total. The van der Waals surface area contributed by atoms with Crippen LogP contribution >= 0.6 is 11.3 Å². The third kappa shape index (κ3) is 3.63. The number of rotatable bonds is 5. The number of hydrogen-bond donors (Lipinski definition) is 1. The lowest BCUT2D eigenvalue weighted by atomic mass is 10.2. The maximum absolute atomic E-state index is 11.6. The Labute approximate surface area is 133 Å². The predicted octanol–water partition coefficient (Wildman–Crippen LogP) is 2.20. The van der Waals surface area contributed by atoms with Gasteiger partial charge in [-0.2, -0.15) is 0 Å². The van der Waals surface area contributed by atoms with Crippen molar-refractivity contribution in [1.82, 2.24) is 10.2 Å². The molecule has 118 valence electrons. The number of nitrogens with zero attached hydrogens (tertiary/aromatic N) is 2. The van der Waals surface area contributed by atoms with Crippen molar-refractivity contribution in [3.63, 3.8) is 0 Å². The predicted molar refractivity (Wildman–Crippen MR) is 85.9 cm³/mol. The molecular formula is C14H17N3O3S2. The number of nitrogens with one attached hydrogen (secondary N) is 1. The summed E-state index contributed by atoms with van der Waals surface area (Å²) < 4.78 is 28.8.